The van der Waals surface area contributed by atoms with Gasteiger partial charge in [0.05, 0.1) is 0 Å². The minimum Gasteiger partial charge on any atom is -0.450 e. The quantitative estimate of drug-likeness (QED) is 0.311. The predicted octanol–water partition coefficient (Wildman–Crippen LogP) is 4.30. The number of carbonyl (C=O) groups is 1. The molecule has 0 aliphatic carbocycles. The van der Waals surface area contributed by atoms with Crippen LogP contribution in [0.2, 0.25) is 19.6 Å². The van der Waals surface area contributed by atoms with Gasteiger partial charge in [-0.05, 0) is 40.4 Å². The van der Waals surface area contributed by atoms with E-state index in [1.807, 2.05) is 0 Å². The van der Waals surface area contributed by atoms with Crippen LogP contribution in [0.1, 0.15) is 20.8 Å². The number of halogens is 5. The predicted molar refractivity (Wildman–Crippen MR) is 74.2 cm³/mol. The Labute approximate surface area is 127 Å². The molecule has 0 amide bonds. The normalized spacial score (nSPS) is 15.4. The average molecular weight is 348 g/mol. The number of hydrogen-bond acceptors (Lipinski definition) is 3. The summed E-state index contributed by atoms with van der Waals surface area (Å²) in [6.07, 6.45) is -8.67. The highest BCUT2D eigenvalue weighted by atomic mass is 28.4. The lowest BCUT2D eigenvalue weighted by atomic mass is 9.94. The van der Waals surface area contributed by atoms with Crippen molar-refractivity contribution in [2.75, 3.05) is 0 Å². The van der Waals surface area contributed by atoms with Crippen LogP contribution in [0.5, 0.6) is 0 Å². The number of alkyl halides is 5. The largest absolute Gasteiger partial charge is 0.450 e. The van der Waals surface area contributed by atoms with Gasteiger partial charge in [-0.25, -0.2) is 4.79 Å². The molecule has 0 radical (unpaired) electrons. The first-order valence-electron chi connectivity index (χ1n) is 6.43. The summed E-state index contributed by atoms with van der Waals surface area (Å²) < 4.78 is 77.0. The lowest BCUT2D eigenvalue weighted by Crippen LogP contribution is -2.61. The van der Waals surface area contributed by atoms with Crippen LogP contribution in [0, 0.1) is 0 Å². The molecule has 1 unspecified atom stereocenters. The molecule has 22 heavy (non-hydrogen) atoms. The van der Waals surface area contributed by atoms with Crippen LogP contribution in [-0.2, 0) is 14.0 Å². The van der Waals surface area contributed by atoms with Gasteiger partial charge in [0.15, 0.2) is 13.9 Å². The van der Waals surface area contributed by atoms with Crippen molar-refractivity contribution >= 4 is 14.3 Å². The minimum absolute atomic E-state index is 0.196. The lowest BCUT2D eigenvalue weighted by molar-refractivity contribution is -0.303. The molecule has 0 rings (SSSR count). The van der Waals surface area contributed by atoms with Gasteiger partial charge in [0.2, 0.25) is 6.10 Å². The molecule has 130 valence electrons. The van der Waals surface area contributed by atoms with Crippen LogP contribution in [0.15, 0.2) is 12.2 Å². The molecule has 0 aliphatic rings. The average Bonchev–Trinajstić information content (AvgIpc) is 2.21. The van der Waals surface area contributed by atoms with Crippen LogP contribution < -0.4 is 0 Å². The van der Waals surface area contributed by atoms with E-state index in [1.54, 1.807) is 0 Å². The second-order valence-corrected chi connectivity index (χ2v) is 10.9. The Hall–Kier alpha value is -0.963. The maximum absolute atomic E-state index is 14.4. The Morgan fingerprint density at radius 1 is 1.09 bits per heavy atom. The van der Waals surface area contributed by atoms with Crippen LogP contribution in [0.25, 0.3) is 0 Å². The highest BCUT2D eigenvalue weighted by Gasteiger charge is 2.66. The van der Waals surface area contributed by atoms with Gasteiger partial charge < -0.3 is 9.16 Å². The molecule has 0 aliphatic heterocycles. The SMILES string of the molecule is C=C(C)C(=O)OC(C)(C)C(F)(F)C(O[Si](C)(C)C)C(F)(F)F. The van der Waals surface area contributed by atoms with Crippen LogP contribution in [0.4, 0.5) is 22.0 Å². The molecule has 1 atom stereocenters. The Morgan fingerprint density at radius 3 is 1.77 bits per heavy atom. The van der Waals surface area contributed by atoms with E-state index in [1.165, 1.54) is 26.6 Å². The van der Waals surface area contributed by atoms with Crippen molar-refractivity contribution in [3.05, 3.63) is 12.2 Å². The highest BCUT2D eigenvalue weighted by molar-refractivity contribution is 6.69. The Bertz CT molecular complexity index is 438. The zero-order valence-corrected chi connectivity index (χ0v) is 14.4. The first-order valence-corrected chi connectivity index (χ1v) is 9.84. The molecule has 0 spiro atoms. The number of esters is 1. The molecule has 0 fully saturated rings. The Balaban J connectivity index is 5.68. The standard InChI is InChI=1S/C13H21F5O3Si/c1-8(2)9(19)20-11(3,4)12(14,15)10(13(16,17)18)21-22(5,6)7/h10H,1H2,2-7H3. The third kappa shape index (κ3) is 5.35. The fourth-order valence-electron chi connectivity index (χ4n) is 1.40. The van der Waals surface area contributed by atoms with Crippen LogP contribution in [-0.4, -0.2) is 38.1 Å². The lowest BCUT2D eigenvalue weighted by Gasteiger charge is -2.41. The van der Waals surface area contributed by atoms with Gasteiger partial charge in [-0.2, -0.15) is 22.0 Å². The van der Waals surface area contributed by atoms with Gasteiger partial charge in [-0.15, -0.1) is 0 Å². The fraction of sp³-hybridized carbons (Fsp3) is 0.769. The first kappa shape index (κ1) is 21.0. The van der Waals surface area contributed by atoms with Crippen molar-refractivity contribution in [2.45, 2.75) is 64.2 Å². The molecular formula is C13H21F5O3Si. The summed E-state index contributed by atoms with van der Waals surface area (Å²) in [5, 5.41) is 0. The van der Waals surface area contributed by atoms with E-state index in [4.69, 9.17) is 0 Å². The third-order valence-electron chi connectivity index (χ3n) is 2.60. The fourth-order valence-corrected chi connectivity index (χ4v) is 2.39. The second kappa shape index (κ2) is 6.27. The molecule has 9 heteroatoms. The summed E-state index contributed by atoms with van der Waals surface area (Å²) in [6, 6.07) is 0. The number of carbonyl (C=O) groups excluding carboxylic acids is 1. The molecule has 0 aromatic carbocycles. The van der Waals surface area contributed by atoms with E-state index in [9.17, 15) is 26.7 Å². The van der Waals surface area contributed by atoms with Crippen molar-refractivity contribution in [3.63, 3.8) is 0 Å². The minimum atomic E-state index is -5.31. The highest BCUT2D eigenvalue weighted by Crippen LogP contribution is 2.44. The van der Waals surface area contributed by atoms with Gasteiger partial charge in [0.1, 0.15) is 0 Å². The van der Waals surface area contributed by atoms with Gasteiger partial charge >= 0.3 is 18.1 Å². The van der Waals surface area contributed by atoms with Crippen molar-refractivity contribution in [3.8, 4) is 0 Å². The molecule has 0 saturated heterocycles. The van der Waals surface area contributed by atoms with Gasteiger partial charge in [-0.3, -0.25) is 0 Å². The van der Waals surface area contributed by atoms with E-state index < -0.39 is 38.1 Å². The van der Waals surface area contributed by atoms with E-state index in [2.05, 4.69) is 15.7 Å². The van der Waals surface area contributed by atoms with Crippen molar-refractivity contribution in [1.29, 1.82) is 0 Å². The van der Waals surface area contributed by atoms with E-state index in [0.29, 0.717) is 13.8 Å². The van der Waals surface area contributed by atoms with E-state index in [0.717, 1.165) is 0 Å². The number of hydrogen-bond donors (Lipinski definition) is 0. The van der Waals surface area contributed by atoms with Gasteiger partial charge in [-0.1, -0.05) is 6.58 Å². The zero-order valence-electron chi connectivity index (χ0n) is 13.4. The Kier molecular flexibility index (Phi) is 5.99. The van der Waals surface area contributed by atoms with Gasteiger partial charge in [0, 0.05) is 5.57 Å². The molecule has 0 aromatic rings. The summed E-state index contributed by atoms with van der Waals surface area (Å²) in [7, 11) is -2.94. The summed E-state index contributed by atoms with van der Waals surface area (Å²) in [5.41, 5.74) is -2.92. The molecule has 3 nitrogen and oxygen atoms in total. The van der Waals surface area contributed by atoms with E-state index in [-0.39, 0.29) is 5.57 Å². The molecule has 0 aromatic heterocycles. The van der Waals surface area contributed by atoms with Crippen molar-refractivity contribution < 1.29 is 35.9 Å². The summed E-state index contributed by atoms with van der Waals surface area (Å²) in [5.74, 6) is -5.67. The molecular weight excluding hydrogens is 327 g/mol. The number of rotatable bonds is 6. The first-order chi connectivity index (χ1) is 9.42. The molecule has 0 N–H and O–H groups in total. The molecule has 0 saturated carbocycles. The van der Waals surface area contributed by atoms with E-state index >= 15 is 0 Å². The monoisotopic (exact) mass is 348 g/mol. The zero-order chi connectivity index (χ0) is 18.1. The number of ether oxygens (including phenoxy) is 1. The van der Waals surface area contributed by atoms with Crippen molar-refractivity contribution in [1.82, 2.24) is 0 Å². The Morgan fingerprint density at radius 2 is 1.50 bits per heavy atom. The maximum Gasteiger partial charge on any atom is 0.419 e. The molecule has 0 bridgehead atoms. The van der Waals surface area contributed by atoms with Crippen LogP contribution >= 0.6 is 0 Å². The second-order valence-electron chi connectivity index (χ2n) is 6.46. The summed E-state index contributed by atoms with van der Waals surface area (Å²) >= 11 is 0. The van der Waals surface area contributed by atoms with Crippen LogP contribution in [0.3, 0.4) is 0 Å². The van der Waals surface area contributed by atoms with Gasteiger partial charge in [0.25, 0.3) is 0 Å². The maximum atomic E-state index is 14.4. The smallest absolute Gasteiger partial charge is 0.419 e. The summed E-state index contributed by atoms with van der Waals surface area (Å²) in [6.45, 7) is 9.90. The topological polar surface area (TPSA) is 35.5 Å². The van der Waals surface area contributed by atoms with Crippen molar-refractivity contribution in [2.24, 2.45) is 0 Å². The molecule has 0 heterocycles. The summed E-state index contributed by atoms with van der Waals surface area (Å²) in [4.78, 5) is 11.4. The third-order valence-corrected chi connectivity index (χ3v) is 3.54.